The Kier molecular flexibility index (Phi) is 4.89. The Morgan fingerprint density at radius 3 is 2.50 bits per heavy atom. The van der Waals surface area contributed by atoms with E-state index in [9.17, 15) is 4.79 Å². The number of thioether (sulfide) groups is 1. The lowest BCUT2D eigenvalue weighted by Crippen LogP contribution is -2.33. The highest BCUT2D eigenvalue weighted by Crippen LogP contribution is 2.39. The predicted octanol–water partition coefficient (Wildman–Crippen LogP) is 2.75. The second kappa shape index (κ2) is 6.65. The van der Waals surface area contributed by atoms with Gasteiger partial charge in [0.15, 0.2) is 0 Å². The van der Waals surface area contributed by atoms with Crippen LogP contribution in [-0.4, -0.2) is 5.91 Å². The third-order valence-electron chi connectivity index (χ3n) is 2.68. The number of nitrogen functional groups attached to an aromatic ring is 1. The Morgan fingerprint density at radius 2 is 1.90 bits per heavy atom. The Hall–Kier alpha value is -1.69. The van der Waals surface area contributed by atoms with Gasteiger partial charge in [-0.2, -0.15) is 0 Å². The average Bonchev–Trinajstić information content (AvgIpc) is 2.46. The van der Waals surface area contributed by atoms with Crippen molar-refractivity contribution in [1.29, 1.82) is 0 Å². The van der Waals surface area contributed by atoms with Crippen LogP contribution in [0.4, 0.5) is 5.69 Å². The predicted molar refractivity (Wildman–Crippen MR) is 83.2 cm³/mol. The number of carbonyl (C=O) groups excluding carboxylic acids is 1. The summed E-state index contributed by atoms with van der Waals surface area (Å²) < 4.78 is 0. The summed E-state index contributed by atoms with van der Waals surface area (Å²) in [6.07, 6.45) is 0. The van der Waals surface area contributed by atoms with Crippen LogP contribution in [0.25, 0.3) is 0 Å². The van der Waals surface area contributed by atoms with Crippen LogP contribution in [0, 0.1) is 0 Å². The van der Waals surface area contributed by atoms with Crippen molar-refractivity contribution >= 4 is 35.0 Å². The molecule has 2 aromatic rings. The van der Waals surface area contributed by atoms with E-state index in [2.05, 4.69) is 5.43 Å². The quantitative estimate of drug-likeness (QED) is 0.267. The molecule has 2 aromatic carbocycles. The lowest BCUT2D eigenvalue weighted by Gasteiger charge is -2.16. The molecule has 0 aliphatic heterocycles. The number of amides is 1. The first-order valence-electron chi connectivity index (χ1n) is 5.89. The van der Waals surface area contributed by atoms with Crippen molar-refractivity contribution in [3.05, 3.63) is 59.1 Å². The monoisotopic (exact) mass is 307 g/mol. The molecule has 0 aliphatic rings. The van der Waals surface area contributed by atoms with Gasteiger partial charge in [0.05, 0.1) is 5.02 Å². The molecular formula is C14H14ClN3OS. The first-order chi connectivity index (χ1) is 9.61. The summed E-state index contributed by atoms with van der Waals surface area (Å²) in [6, 6.07) is 14.6. The first kappa shape index (κ1) is 14.7. The molecule has 1 unspecified atom stereocenters. The fourth-order valence-corrected chi connectivity index (χ4v) is 3.08. The second-order valence-corrected chi connectivity index (χ2v) is 5.66. The number of rotatable bonds is 4. The number of benzene rings is 2. The Bertz CT molecular complexity index is 607. The second-order valence-electron chi connectivity index (χ2n) is 4.11. The molecule has 20 heavy (non-hydrogen) atoms. The SMILES string of the molecule is NNC(=O)C(Sc1ccc(N)cc1Cl)c1ccccc1. The van der Waals surface area contributed by atoms with Crippen LogP contribution in [0.2, 0.25) is 5.02 Å². The number of hydrogen-bond acceptors (Lipinski definition) is 4. The van der Waals surface area contributed by atoms with Crippen molar-refractivity contribution in [2.75, 3.05) is 5.73 Å². The molecule has 4 nitrogen and oxygen atoms in total. The van der Waals surface area contributed by atoms with Gasteiger partial charge in [-0.05, 0) is 23.8 Å². The van der Waals surface area contributed by atoms with E-state index in [1.807, 2.05) is 30.3 Å². The van der Waals surface area contributed by atoms with Crippen molar-refractivity contribution in [2.45, 2.75) is 10.1 Å². The maximum Gasteiger partial charge on any atom is 0.251 e. The summed E-state index contributed by atoms with van der Waals surface area (Å²) in [5.41, 5.74) is 9.29. The average molecular weight is 308 g/mol. The van der Waals surface area contributed by atoms with Crippen molar-refractivity contribution < 1.29 is 4.79 Å². The van der Waals surface area contributed by atoms with Gasteiger partial charge in [0.2, 0.25) is 0 Å². The Morgan fingerprint density at radius 1 is 1.20 bits per heavy atom. The minimum Gasteiger partial charge on any atom is -0.399 e. The minimum absolute atomic E-state index is 0.283. The Labute approximate surface area is 126 Å². The standard InChI is InChI=1S/C14H14ClN3OS/c15-11-8-10(16)6-7-12(11)20-13(14(19)18-17)9-4-2-1-3-5-9/h1-8,13H,16-17H2,(H,18,19). The van der Waals surface area contributed by atoms with E-state index < -0.39 is 5.25 Å². The summed E-state index contributed by atoms with van der Waals surface area (Å²) >= 11 is 7.48. The summed E-state index contributed by atoms with van der Waals surface area (Å²) in [6.45, 7) is 0. The molecule has 2 rings (SSSR count). The normalized spacial score (nSPS) is 11.9. The third kappa shape index (κ3) is 3.45. The van der Waals surface area contributed by atoms with Crippen molar-refractivity contribution in [3.63, 3.8) is 0 Å². The molecule has 0 radical (unpaired) electrons. The van der Waals surface area contributed by atoms with Crippen molar-refractivity contribution in [2.24, 2.45) is 5.84 Å². The highest BCUT2D eigenvalue weighted by molar-refractivity contribution is 8.00. The molecule has 104 valence electrons. The molecule has 0 saturated carbocycles. The molecule has 0 aromatic heterocycles. The molecule has 1 atom stereocenters. The molecule has 0 aliphatic carbocycles. The van der Waals surface area contributed by atoms with Crippen LogP contribution in [0.5, 0.6) is 0 Å². The molecule has 0 bridgehead atoms. The molecule has 0 fully saturated rings. The number of hydrazine groups is 1. The van der Waals surface area contributed by atoms with Gasteiger partial charge < -0.3 is 5.73 Å². The number of hydrogen-bond donors (Lipinski definition) is 3. The molecular weight excluding hydrogens is 294 g/mol. The molecule has 6 heteroatoms. The van der Waals surface area contributed by atoms with Crippen LogP contribution >= 0.6 is 23.4 Å². The fraction of sp³-hybridized carbons (Fsp3) is 0.0714. The Balaban J connectivity index is 2.31. The zero-order valence-electron chi connectivity index (χ0n) is 10.5. The summed E-state index contributed by atoms with van der Waals surface area (Å²) in [5, 5.41) is 0.0445. The van der Waals surface area contributed by atoms with Crippen LogP contribution in [0.15, 0.2) is 53.4 Å². The van der Waals surface area contributed by atoms with E-state index in [1.54, 1.807) is 18.2 Å². The lowest BCUT2D eigenvalue weighted by molar-refractivity contribution is -0.120. The van der Waals surface area contributed by atoms with E-state index in [4.69, 9.17) is 23.2 Å². The van der Waals surface area contributed by atoms with Gasteiger partial charge in [-0.3, -0.25) is 10.2 Å². The van der Waals surface area contributed by atoms with E-state index in [-0.39, 0.29) is 5.91 Å². The van der Waals surface area contributed by atoms with Crippen molar-refractivity contribution in [1.82, 2.24) is 5.43 Å². The van der Waals surface area contributed by atoms with Gasteiger partial charge >= 0.3 is 0 Å². The van der Waals surface area contributed by atoms with Crippen LogP contribution in [0.1, 0.15) is 10.8 Å². The van der Waals surface area contributed by atoms with Crippen LogP contribution in [-0.2, 0) is 4.79 Å². The van der Waals surface area contributed by atoms with E-state index in [0.717, 1.165) is 10.5 Å². The van der Waals surface area contributed by atoms with Gasteiger partial charge in [0.1, 0.15) is 5.25 Å². The van der Waals surface area contributed by atoms with E-state index in [0.29, 0.717) is 10.7 Å². The number of nitrogens with one attached hydrogen (secondary N) is 1. The number of carbonyl (C=O) groups is 1. The number of nitrogens with two attached hydrogens (primary N) is 2. The van der Waals surface area contributed by atoms with Gasteiger partial charge in [-0.25, -0.2) is 5.84 Å². The number of anilines is 1. The maximum absolute atomic E-state index is 12.0. The van der Waals surface area contributed by atoms with Gasteiger partial charge in [0, 0.05) is 10.6 Å². The largest absolute Gasteiger partial charge is 0.399 e. The summed E-state index contributed by atoms with van der Waals surface area (Å²) in [7, 11) is 0. The highest BCUT2D eigenvalue weighted by atomic mass is 35.5. The highest BCUT2D eigenvalue weighted by Gasteiger charge is 2.22. The summed E-state index contributed by atoms with van der Waals surface area (Å²) in [5.74, 6) is 4.98. The first-order valence-corrected chi connectivity index (χ1v) is 7.14. The maximum atomic E-state index is 12.0. The minimum atomic E-state index is -0.470. The van der Waals surface area contributed by atoms with Crippen LogP contribution < -0.4 is 17.0 Å². The van der Waals surface area contributed by atoms with E-state index in [1.165, 1.54) is 11.8 Å². The van der Waals surface area contributed by atoms with Crippen LogP contribution in [0.3, 0.4) is 0 Å². The summed E-state index contributed by atoms with van der Waals surface area (Å²) in [4.78, 5) is 12.7. The topological polar surface area (TPSA) is 81.1 Å². The van der Waals surface area contributed by atoms with Crippen molar-refractivity contribution in [3.8, 4) is 0 Å². The van der Waals surface area contributed by atoms with Gasteiger partial charge in [-0.15, -0.1) is 11.8 Å². The molecule has 0 spiro atoms. The lowest BCUT2D eigenvalue weighted by atomic mass is 10.1. The molecule has 0 heterocycles. The number of halogens is 1. The van der Waals surface area contributed by atoms with Gasteiger partial charge in [0.25, 0.3) is 5.91 Å². The molecule has 0 saturated heterocycles. The zero-order chi connectivity index (χ0) is 14.5. The fourth-order valence-electron chi connectivity index (χ4n) is 1.72. The molecule has 5 N–H and O–H groups in total. The van der Waals surface area contributed by atoms with Gasteiger partial charge in [-0.1, -0.05) is 41.9 Å². The smallest absolute Gasteiger partial charge is 0.251 e. The third-order valence-corrected chi connectivity index (χ3v) is 4.44. The zero-order valence-corrected chi connectivity index (χ0v) is 12.1. The molecule has 1 amide bonds. The van der Waals surface area contributed by atoms with E-state index >= 15 is 0 Å².